The number of amides is 2. The maximum Gasteiger partial charge on any atom is 0.410 e. The highest BCUT2D eigenvalue weighted by Crippen LogP contribution is 2.32. The molecular formula is C34H44Cl2N6O4. The molecule has 0 bridgehead atoms. The number of hydrogen-bond acceptors (Lipinski definition) is 6. The van der Waals surface area contributed by atoms with Crippen LogP contribution in [0.5, 0.6) is 0 Å². The lowest BCUT2D eigenvalue weighted by Crippen LogP contribution is -2.49. The number of benzene rings is 2. The molecule has 3 aliphatic rings. The van der Waals surface area contributed by atoms with Crippen LogP contribution in [0.25, 0.3) is 11.4 Å². The smallest absolute Gasteiger partial charge is 0.410 e. The largest absolute Gasteiger partial charge is 0.436 e. The Labute approximate surface area is 280 Å². The SMILES string of the molecule is C.O=C(O[C@H](Cc1ccc(Cl)c(Cl)c1)C(=O)N1CCC(C2CCNCC2)CC1)N1CCC(n2nc(-c3ccccc3)[nH]c2=O)CC1. The predicted molar refractivity (Wildman–Crippen MR) is 180 cm³/mol. The fourth-order valence-corrected chi connectivity index (χ4v) is 7.29. The number of rotatable bonds is 7. The Kier molecular flexibility index (Phi) is 11.5. The van der Waals surface area contributed by atoms with E-state index in [4.69, 9.17) is 27.9 Å². The van der Waals surface area contributed by atoms with Gasteiger partial charge in [0.25, 0.3) is 5.91 Å². The minimum absolute atomic E-state index is 0. The van der Waals surface area contributed by atoms with Gasteiger partial charge < -0.3 is 19.9 Å². The van der Waals surface area contributed by atoms with Gasteiger partial charge in [0.2, 0.25) is 0 Å². The lowest BCUT2D eigenvalue weighted by Gasteiger charge is -2.39. The number of ether oxygens (including phenoxy) is 1. The first kappa shape index (κ1) is 34.0. The lowest BCUT2D eigenvalue weighted by molar-refractivity contribution is -0.142. The summed E-state index contributed by atoms with van der Waals surface area (Å²) in [7, 11) is 0. The summed E-state index contributed by atoms with van der Waals surface area (Å²) >= 11 is 12.4. The normalized spacial score (nSPS) is 19.0. The Hall–Kier alpha value is -3.34. The molecule has 0 unspecified atom stereocenters. The van der Waals surface area contributed by atoms with Crippen LogP contribution in [0.15, 0.2) is 53.3 Å². The summed E-state index contributed by atoms with van der Waals surface area (Å²) in [5.41, 5.74) is 1.33. The van der Waals surface area contributed by atoms with E-state index in [1.165, 1.54) is 17.5 Å². The molecule has 248 valence electrons. The van der Waals surface area contributed by atoms with Gasteiger partial charge in [-0.2, -0.15) is 0 Å². The monoisotopic (exact) mass is 670 g/mol. The molecule has 4 heterocycles. The van der Waals surface area contributed by atoms with Crippen LogP contribution < -0.4 is 11.0 Å². The Balaban J connectivity index is 0.00000417. The molecule has 3 aromatic rings. The van der Waals surface area contributed by atoms with Gasteiger partial charge in [0.1, 0.15) is 0 Å². The molecular weight excluding hydrogens is 627 g/mol. The van der Waals surface area contributed by atoms with Gasteiger partial charge >= 0.3 is 11.8 Å². The standard InChI is InChI=1S/C33H40Cl2N6O4.CH4/c34-27-7-6-22(20-28(27)35)21-29(31(42)39-16-10-24(11-17-39)23-8-14-36-15-9-23)45-33(44)40-18-12-26(13-19-40)41-32(43)37-30(38-41)25-4-2-1-3-5-25;/h1-7,20,23-24,26,29,36H,8-19,21H2,(H,37,38,43);1H4/t29-;/m1./s1. The van der Waals surface area contributed by atoms with Crippen molar-refractivity contribution >= 4 is 35.2 Å². The van der Waals surface area contributed by atoms with E-state index in [0.717, 1.165) is 37.1 Å². The first-order valence-electron chi connectivity index (χ1n) is 16.0. The third-order valence-corrected chi connectivity index (χ3v) is 10.3. The van der Waals surface area contributed by atoms with Crippen molar-refractivity contribution in [2.45, 2.75) is 64.5 Å². The van der Waals surface area contributed by atoms with Crippen LogP contribution in [0.2, 0.25) is 10.0 Å². The van der Waals surface area contributed by atoms with E-state index in [1.807, 2.05) is 41.3 Å². The van der Waals surface area contributed by atoms with Gasteiger partial charge in [-0.1, -0.05) is 67.0 Å². The van der Waals surface area contributed by atoms with Gasteiger partial charge in [0, 0.05) is 38.2 Å². The van der Waals surface area contributed by atoms with Crippen molar-refractivity contribution in [2.24, 2.45) is 11.8 Å². The van der Waals surface area contributed by atoms with Crippen molar-refractivity contribution in [3.05, 3.63) is 74.6 Å². The minimum atomic E-state index is -0.981. The van der Waals surface area contributed by atoms with Crippen LogP contribution in [0.3, 0.4) is 0 Å². The maximum absolute atomic E-state index is 13.9. The number of halogens is 2. The van der Waals surface area contributed by atoms with Crippen LogP contribution in [-0.2, 0) is 16.0 Å². The highest BCUT2D eigenvalue weighted by Gasteiger charge is 2.35. The molecule has 2 amide bonds. The highest BCUT2D eigenvalue weighted by molar-refractivity contribution is 6.42. The third-order valence-electron chi connectivity index (χ3n) is 9.58. The summed E-state index contributed by atoms with van der Waals surface area (Å²) < 4.78 is 7.45. The summed E-state index contributed by atoms with van der Waals surface area (Å²) in [6.45, 7) is 4.23. The predicted octanol–water partition coefficient (Wildman–Crippen LogP) is 5.80. The number of piperidine rings is 3. The molecule has 46 heavy (non-hydrogen) atoms. The molecule has 0 radical (unpaired) electrons. The molecule has 3 saturated heterocycles. The summed E-state index contributed by atoms with van der Waals surface area (Å²) in [5, 5.41) is 8.79. The quantitative estimate of drug-likeness (QED) is 0.328. The lowest BCUT2D eigenvalue weighted by atomic mass is 9.79. The summed E-state index contributed by atoms with van der Waals surface area (Å²) in [6, 6.07) is 14.6. The number of carbonyl (C=O) groups excluding carboxylic acids is 2. The number of nitrogens with one attached hydrogen (secondary N) is 2. The molecule has 3 aliphatic heterocycles. The van der Waals surface area contributed by atoms with E-state index in [-0.39, 0.29) is 31.5 Å². The van der Waals surface area contributed by atoms with Crippen molar-refractivity contribution in [3.8, 4) is 11.4 Å². The molecule has 12 heteroatoms. The second kappa shape index (κ2) is 15.5. The number of nitrogens with zero attached hydrogens (tertiary/aromatic N) is 4. The zero-order chi connectivity index (χ0) is 31.3. The van der Waals surface area contributed by atoms with Crippen molar-refractivity contribution in [1.82, 2.24) is 29.9 Å². The molecule has 0 saturated carbocycles. The van der Waals surface area contributed by atoms with Gasteiger partial charge in [-0.25, -0.2) is 14.3 Å². The van der Waals surface area contributed by atoms with Crippen LogP contribution in [0, 0.1) is 11.8 Å². The average molecular weight is 672 g/mol. The summed E-state index contributed by atoms with van der Waals surface area (Å²) in [4.78, 5) is 46.3. The number of aromatic nitrogens is 3. The average Bonchev–Trinajstić information content (AvgIpc) is 3.48. The van der Waals surface area contributed by atoms with E-state index in [1.54, 1.807) is 17.0 Å². The van der Waals surface area contributed by atoms with Crippen LogP contribution in [-0.4, -0.2) is 81.9 Å². The molecule has 1 aromatic heterocycles. The van der Waals surface area contributed by atoms with Crippen LogP contribution in [0.4, 0.5) is 4.79 Å². The van der Waals surface area contributed by atoms with E-state index in [9.17, 15) is 14.4 Å². The van der Waals surface area contributed by atoms with Gasteiger partial charge in [-0.15, -0.1) is 5.10 Å². The molecule has 2 N–H and O–H groups in total. The minimum Gasteiger partial charge on any atom is -0.436 e. The number of carbonyl (C=O) groups is 2. The Bertz CT molecular complexity index is 1520. The van der Waals surface area contributed by atoms with Gasteiger partial charge in [0.05, 0.1) is 16.1 Å². The van der Waals surface area contributed by atoms with Gasteiger partial charge in [-0.3, -0.25) is 9.78 Å². The Morgan fingerprint density at radius 3 is 2.20 bits per heavy atom. The molecule has 6 rings (SSSR count). The van der Waals surface area contributed by atoms with E-state index in [0.29, 0.717) is 66.7 Å². The maximum atomic E-state index is 13.9. The zero-order valence-corrected chi connectivity index (χ0v) is 26.8. The first-order chi connectivity index (χ1) is 21.9. The van der Waals surface area contributed by atoms with E-state index < -0.39 is 12.2 Å². The van der Waals surface area contributed by atoms with E-state index in [2.05, 4.69) is 15.4 Å². The number of hydrogen-bond donors (Lipinski definition) is 2. The van der Waals surface area contributed by atoms with Crippen LogP contribution >= 0.6 is 23.2 Å². The molecule has 2 aromatic carbocycles. The fourth-order valence-electron chi connectivity index (χ4n) is 6.97. The number of H-pyrrole nitrogens is 1. The van der Waals surface area contributed by atoms with Gasteiger partial charge in [-0.05, 0) is 81.1 Å². The fraction of sp³-hybridized carbons (Fsp3) is 0.529. The summed E-state index contributed by atoms with van der Waals surface area (Å²) in [6.07, 6.45) is 4.10. The van der Waals surface area contributed by atoms with Gasteiger partial charge in [0.15, 0.2) is 11.9 Å². The highest BCUT2D eigenvalue weighted by atomic mass is 35.5. The molecule has 1 atom stereocenters. The molecule has 0 aliphatic carbocycles. The van der Waals surface area contributed by atoms with Crippen molar-refractivity contribution in [3.63, 3.8) is 0 Å². The Morgan fingerprint density at radius 2 is 1.52 bits per heavy atom. The Morgan fingerprint density at radius 1 is 0.870 bits per heavy atom. The first-order valence-corrected chi connectivity index (χ1v) is 16.7. The summed E-state index contributed by atoms with van der Waals surface area (Å²) in [5.74, 6) is 1.67. The molecule has 10 nitrogen and oxygen atoms in total. The molecule has 3 fully saturated rings. The second-order valence-corrected chi connectivity index (χ2v) is 13.2. The van der Waals surface area contributed by atoms with Crippen LogP contribution in [0.1, 0.15) is 57.6 Å². The van der Waals surface area contributed by atoms with Crippen molar-refractivity contribution in [2.75, 3.05) is 39.3 Å². The second-order valence-electron chi connectivity index (χ2n) is 12.4. The van der Waals surface area contributed by atoms with E-state index >= 15 is 0 Å². The zero-order valence-electron chi connectivity index (χ0n) is 25.3. The third kappa shape index (κ3) is 7.96. The van der Waals surface area contributed by atoms with Crippen molar-refractivity contribution < 1.29 is 14.3 Å². The number of aromatic amines is 1. The molecule has 0 spiro atoms. The topological polar surface area (TPSA) is 113 Å². The number of likely N-dealkylation sites (tertiary alicyclic amines) is 2. The van der Waals surface area contributed by atoms with Crippen molar-refractivity contribution in [1.29, 1.82) is 0 Å².